The van der Waals surface area contributed by atoms with E-state index in [1.807, 2.05) is 6.07 Å². The maximum absolute atomic E-state index is 14.8. The summed E-state index contributed by atoms with van der Waals surface area (Å²) >= 11 is 0. The van der Waals surface area contributed by atoms with Gasteiger partial charge in [0.15, 0.2) is 5.41 Å². The maximum Gasteiger partial charge on any atom is 0.339 e. The van der Waals surface area contributed by atoms with Crippen LogP contribution >= 0.6 is 0 Å². The van der Waals surface area contributed by atoms with E-state index < -0.39 is 47.1 Å². The van der Waals surface area contributed by atoms with E-state index in [1.165, 1.54) is 54.6 Å². The van der Waals surface area contributed by atoms with Gasteiger partial charge in [-0.2, -0.15) is 5.26 Å². The van der Waals surface area contributed by atoms with Gasteiger partial charge in [-0.05, 0) is 17.7 Å². The van der Waals surface area contributed by atoms with E-state index in [2.05, 4.69) is 0 Å². The summed E-state index contributed by atoms with van der Waals surface area (Å²) in [6.45, 7) is 0. The number of halogens is 1. The fourth-order valence-electron chi connectivity index (χ4n) is 4.26. The molecule has 0 aromatic heterocycles. The minimum Gasteiger partial charge on any atom is -0.468 e. The summed E-state index contributed by atoms with van der Waals surface area (Å²) in [6, 6.07) is 5.37. The van der Waals surface area contributed by atoms with E-state index in [1.54, 1.807) is 0 Å². The van der Waals surface area contributed by atoms with E-state index >= 15 is 0 Å². The highest BCUT2D eigenvalue weighted by Gasteiger charge is 2.70. The lowest BCUT2D eigenvalue weighted by Crippen LogP contribution is -2.52. The number of carbonyl (C=O) groups is 3. The molecular weight excluding hydrogens is 395 g/mol. The number of benzene rings is 1. The average molecular weight is 414 g/mol. The summed E-state index contributed by atoms with van der Waals surface area (Å²) in [5.74, 6) is -4.59. The Morgan fingerprint density at radius 3 is 2.27 bits per heavy atom. The van der Waals surface area contributed by atoms with Gasteiger partial charge in [-0.15, -0.1) is 0 Å². The summed E-state index contributed by atoms with van der Waals surface area (Å²) in [5, 5.41) is 9.96. The normalized spacial score (nSPS) is 23.6. The van der Waals surface area contributed by atoms with Crippen molar-refractivity contribution in [2.24, 2.45) is 5.41 Å². The molecule has 0 unspecified atom stereocenters. The van der Waals surface area contributed by atoms with E-state index in [4.69, 9.17) is 14.2 Å². The summed E-state index contributed by atoms with van der Waals surface area (Å²) < 4.78 is 29.4. The predicted octanol–water partition coefficient (Wildman–Crippen LogP) is 1.44. The fraction of sp³-hybridized carbons (Fsp3) is 0.333. The zero-order valence-corrected chi connectivity index (χ0v) is 16.5. The van der Waals surface area contributed by atoms with Crippen LogP contribution in [0, 0.1) is 22.6 Å². The molecule has 0 bridgehead atoms. The molecule has 0 N–H and O–H groups in total. The van der Waals surface area contributed by atoms with Gasteiger partial charge in [0.2, 0.25) is 0 Å². The monoisotopic (exact) mass is 414 g/mol. The number of esters is 3. The van der Waals surface area contributed by atoms with Crippen LogP contribution in [0.3, 0.4) is 0 Å². The molecule has 9 heteroatoms. The van der Waals surface area contributed by atoms with Gasteiger partial charge >= 0.3 is 17.9 Å². The van der Waals surface area contributed by atoms with Gasteiger partial charge in [-0.25, -0.2) is 9.18 Å². The Kier molecular flexibility index (Phi) is 5.60. The number of nitriles is 1. The Labute approximate surface area is 172 Å². The third-order valence-electron chi connectivity index (χ3n) is 5.50. The molecule has 3 atom stereocenters. The van der Waals surface area contributed by atoms with Crippen LogP contribution in [0.5, 0.6) is 0 Å². The zero-order chi connectivity index (χ0) is 22.1. The predicted molar refractivity (Wildman–Crippen MR) is 99.9 cm³/mol. The molecule has 8 nitrogen and oxygen atoms in total. The Bertz CT molecular complexity index is 979. The molecule has 2 heterocycles. The van der Waals surface area contributed by atoms with Gasteiger partial charge in [0.25, 0.3) is 0 Å². The molecule has 1 fully saturated rings. The van der Waals surface area contributed by atoms with E-state index in [0.29, 0.717) is 0 Å². The maximum atomic E-state index is 14.8. The minimum absolute atomic E-state index is 0.0179. The molecule has 0 amide bonds. The van der Waals surface area contributed by atoms with Crippen LogP contribution in [0.15, 0.2) is 48.2 Å². The van der Waals surface area contributed by atoms with Gasteiger partial charge in [0.05, 0.1) is 44.9 Å². The third kappa shape index (κ3) is 2.84. The molecule has 0 radical (unpaired) electrons. The van der Waals surface area contributed by atoms with Crippen LogP contribution in [0.2, 0.25) is 0 Å². The van der Waals surface area contributed by atoms with Crippen LogP contribution < -0.4 is 0 Å². The molecule has 2 aliphatic heterocycles. The largest absolute Gasteiger partial charge is 0.468 e. The van der Waals surface area contributed by atoms with Crippen molar-refractivity contribution >= 4 is 17.9 Å². The van der Waals surface area contributed by atoms with Crippen molar-refractivity contribution in [1.82, 2.24) is 4.90 Å². The number of nitrogens with zero attached hydrogens (tertiary/aromatic N) is 2. The number of fused-ring (bicyclic) bond motifs is 1. The van der Waals surface area contributed by atoms with E-state index in [-0.39, 0.29) is 11.1 Å². The lowest BCUT2D eigenvalue weighted by molar-refractivity contribution is -0.171. The van der Waals surface area contributed by atoms with Crippen molar-refractivity contribution in [1.29, 1.82) is 5.26 Å². The van der Waals surface area contributed by atoms with Crippen molar-refractivity contribution in [3.63, 3.8) is 0 Å². The van der Waals surface area contributed by atoms with Crippen molar-refractivity contribution in [2.45, 2.75) is 18.0 Å². The molecule has 156 valence electrons. The molecular formula is C21H19FN2O6. The van der Waals surface area contributed by atoms with E-state index in [0.717, 1.165) is 14.2 Å². The molecule has 1 saturated heterocycles. The molecule has 1 aromatic rings. The molecule has 0 spiro atoms. The summed E-state index contributed by atoms with van der Waals surface area (Å²) in [7, 11) is 3.39. The first-order valence-electron chi connectivity index (χ1n) is 8.95. The average Bonchev–Trinajstić information content (AvgIpc) is 3.07. The fourth-order valence-corrected chi connectivity index (χ4v) is 4.26. The minimum atomic E-state index is -2.08. The topological polar surface area (TPSA) is 106 Å². The van der Waals surface area contributed by atoms with Gasteiger partial charge in [0, 0.05) is 6.20 Å². The second-order valence-corrected chi connectivity index (χ2v) is 6.75. The quantitative estimate of drug-likeness (QED) is 0.414. The lowest BCUT2D eigenvalue weighted by Gasteiger charge is -2.34. The Balaban J connectivity index is 2.33. The first kappa shape index (κ1) is 21.0. The smallest absolute Gasteiger partial charge is 0.339 e. The number of ether oxygens (including phenoxy) is 3. The van der Waals surface area contributed by atoms with Crippen molar-refractivity contribution in [3.8, 4) is 6.07 Å². The van der Waals surface area contributed by atoms with Gasteiger partial charge < -0.3 is 19.1 Å². The number of rotatable bonds is 4. The highest BCUT2D eigenvalue weighted by atomic mass is 19.1. The van der Waals surface area contributed by atoms with Gasteiger partial charge in [-0.1, -0.05) is 24.3 Å². The molecule has 0 saturated carbocycles. The SMILES string of the molecule is COC(=O)C1=CN2[C@@H](C#N)[C@H](c3ccccc3F)C(C(=O)OC)(C(=O)OC)[C@H]2C=C1. The molecule has 0 aliphatic carbocycles. The summed E-state index contributed by atoms with van der Waals surface area (Å²) in [5.41, 5.74) is -2.00. The first-order valence-corrected chi connectivity index (χ1v) is 8.95. The Morgan fingerprint density at radius 2 is 1.73 bits per heavy atom. The second kappa shape index (κ2) is 7.99. The molecule has 2 aliphatic rings. The van der Waals surface area contributed by atoms with Gasteiger partial charge in [-0.3, -0.25) is 9.59 Å². The van der Waals surface area contributed by atoms with Crippen LogP contribution in [-0.2, 0) is 28.6 Å². The number of methoxy groups -OCH3 is 3. The highest BCUT2D eigenvalue weighted by molar-refractivity contribution is 6.04. The summed E-state index contributed by atoms with van der Waals surface area (Å²) in [4.78, 5) is 39.6. The van der Waals surface area contributed by atoms with Crippen LogP contribution in [0.25, 0.3) is 0 Å². The number of carbonyl (C=O) groups excluding carboxylic acids is 3. The van der Waals surface area contributed by atoms with Crippen LogP contribution in [0.1, 0.15) is 11.5 Å². The lowest BCUT2D eigenvalue weighted by atomic mass is 9.67. The number of hydrogen-bond acceptors (Lipinski definition) is 8. The molecule has 1 aromatic carbocycles. The first-order chi connectivity index (χ1) is 14.4. The summed E-state index contributed by atoms with van der Waals surface area (Å²) in [6.07, 6.45) is 4.13. The zero-order valence-electron chi connectivity index (χ0n) is 16.5. The second-order valence-electron chi connectivity index (χ2n) is 6.75. The molecule has 30 heavy (non-hydrogen) atoms. The van der Waals surface area contributed by atoms with Crippen molar-refractivity contribution < 1.29 is 33.0 Å². The van der Waals surface area contributed by atoms with E-state index in [9.17, 15) is 24.0 Å². The highest BCUT2D eigenvalue weighted by Crippen LogP contribution is 2.54. The van der Waals surface area contributed by atoms with Crippen molar-refractivity contribution in [3.05, 3.63) is 59.6 Å². The number of hydrogen-bond donors (Lipinski definition) is 0. The Hall–Kier alpha value is -3.67. The third-order valence-corrected chi connectivity index (χ3v) is 5.50. The molecule has 3 rings (SSSR count). The Morgan fingerprint density at radius 1 is 1.10 bits per heavy atom. The van der Waals surface area contributed by atoms with Crippen molar-refractivity contribution in [2.75, 3.05) is 21.3 Å². The van der Waals surface area contributed by atoms with Crippen LogP contribution in [-0.4, -0.2) is 56.2 Å². The van der Waals surface area contributed by atoms with Crippen LogP contribution in [0.4, 0.5) is 4.39 Å². The standard InChI is InChI=1S/C21H19FN2O6/c1-28-18(25)12-8-9-16-21(19(26)29-2,20(27)30-3)17(15(10-23)24(16)11-12)13-6-4-5-7-14(13)22/h4-9,11,15-17H,1-3H3/t15-,16+,17-/m0/s1. The van der Waals surface area contributed by atoms with Gasteiger partial charge in [0.1, 0.15) is 11.9 Å².